The van der Waals surface area contributed by atoms with E-state index in [1.54, 1.807) is 0 Å². The molecule has 0 aliphatic rings. The molecule has 7 nitrogen and oxygen atoms in total. The molecule has 0 heterocycles. The minimum absolute atomic E-state index is 0.150. The van der Waals surface area contributed by atoms with Crippen molar-refractivity contribution in [2.75, 3.05) is 6.61 Å². The van der Waals surface area contributed by atoms with Crippen molar-refractivity contribution in [3.8, 4) is 0 Å². The van der Waals surface area contributed by atoms with E-state index < -0.39 is 36.3 Å². The van der Waals surface area contributed by atoms with E-state index in [-0.39, 0.29) is 6.61 Å². The highest BCUT2D eigenvalue weighted by molar-refractivity contribution is 5.95. The SMILES string of the molecule is C=CCOC(=O)C(C(=O)O)C(N)CC(=O)O. The molecule has 0 bridgehead atoms. The van der Waals surface area contributed by atoms with Gasteiger partial charge in [-0.15, -0.1) is 0 Å². The standard InChI is InChI=1S/C9H13NO6/c1-2-3-16-9(15)7(8(13)14)5(10)4-6(11)12/h2,5,7H,1,3-4,10H2,(H,11,12)(H,13,14). The lowest BCUT2D eigenvalue weighted by Crippen LogP contribution is -2.43. The summed E-state index contributed by atoms with van der Waals surface area (Å²) in [7, 11) is 0. The molecular formula is C9H13NO6. The molecule has 0 aromatic heterocycles. The Hall–Kier alpha value is -1.89. The molecule has 16 heavy (non-hydrogen) atoms. The molecule has 2 atom stereocenters. The largest absolute Gasteiger partial charge is 0.481 e. The summed E-state index contributed by atoms with van der Waals surface area (Å²) in [5.41, 5.74) is 5.30. The van der Waals surface area contributed by atoms with E-state index in [0.717, 1.165) is 0 Å². The number of hydrogen-bond donors (Lipinski definition) is 3. The lowest BCUT2D eigenvalue weighted by molar-refractivity contribution is -0.159. The zero-order chi connectivity index (χ0) is 12.7. The van der Waals surface area contributed by atoms with Gasteiger partial charge in [-0.3, -0.25) is 14.4 Å². The quantitative estimate of drug-likeness (QED) is 0.298. The number of esters is 1. The van der Waals surface area contributed by atoms with Gasteiger partial charge in [-0.25, -0.2) is 0 Å². The van der Waals surface area contributed by atoms with Crippen molar-refractivity contribution in [3.63, 3.8) is 0 Å². The Bertz CT molecular complexity index is 300. The van der Waals surface area contributed by atoms with Crippen LogP contribution in [0.4, 0.5) is 0 Å². The molecule has 0 aliphatic carbocycles. The Morgan fingerprint density at radius 3 is 2.31 bits per heavy atom. The van der Waals surface area contributed by atoms with Crippen LogP contribution in [-0.4, -0.2) is 40.8 Å². The second-order valence-electron chi connectivity index (χ2n) is 3.00. The normalized spacial score (nSPS) is 13.6. The zero-order valence-electron chi connectivity index (χ0n) is 8.46. The lowest BCUT2D eigenvalue weighted by atomic mass is 9.98. The van der Waals surface area contributed by atoms with Crippen LogP contribution in [0.1, 0.15) is 6.42 Å². The number of carboxylic acids is 2. The van der Waals surface area contributed by atoms with Crippen molar-refractivity contribution in [1.29, 1.82) is 0 Å². The third-order valence-corrected chi connectivity index (χ3v) is 1.70. The Labute approximate surface area is 91.5 Å². The summed E-state index contributed by atoms with van der Waals surface area (Å²) < 4.78 is 4.51. The highest BCUT2D eigenvalue weighted by atomic mass is 16.5. The number of carboxylic acid groups (broad SMARTS) is 2. The molecule has 2 unspecified atom stereocenters. The number of rotatable bonds is 7. The third-order valence-electron chi connectivity index (χ3n) is 1.70. The summed E-state index contributed by atoms with van der Waals surface area (Å²) in [6.07, 6.45) is 0.639. The highest BCUT2D eigenvalue weighted by Gasteiger charge is 2.35. The van der Waals surface area contributed by atoms with Gasteiger partial charge in [0.2, 0.25) is 0 Å². The van der Waals surface area contributed by atoms with E-state index >= 15 is 0 Å². The minimum Gasteiger partial charge on any atom is -0.481 e. The lowest BCUT2D eigenvalue weighted by Gasteiger charge is -2.16. The number of aliphatic carboxylic acids is 2. The molecule has 0 aliphatic heterocycles. The van der Waals surface area contributed by atoms with Crippen LogP contribution in [0.5, 0.6) is 0 Å². The monoisotopic (exact) mass is 231 g/mol. The van der Waals surface area contributed by atoms with Crippen LogP contribution in [0.25, 0.3) is 0 Å². The molecular weight excluding hydrogens is 218 g/mol. The van der Waals surface area contributed by atoms with Crippen LogP contribution in [0.3, 0.4) is 0 Å². The number of hydrogen-bond acceptors (Lipinski definition) is 5. The smallest absolute Gasteiger partial charge is 0.322 e. The van der Waals surface area contributed by atoms with Crippen LogP contribution in [0, 0.1) is 5.92 Å². The van der Waals surface area contributed by atoms with E-state index in [9.17, 15) is 14.4 Å². The van der Waals surface area contributed by atoms with Gasteiger partial charge in [0.05, 0.1) is 6.42 Å². The predicted molar refractivity (Wildman–Crippen MR) is 52.5 cm³/mol. The molecule has 4 N–H and O–H groups in total. The summed E-state index contributed by atoms with van der Waals surface area (Å²) in [5.74, 6) is -5.55. The van der Waals surface area contributed by atoms with Crippen LogP contribution in [0.2, 0.25) is 0 Å². The molecule has 0 rings (SSSR count). The van der Waals surface area contributed by atoms with E-state index in [2.05, 4.69) is 11.3 Å². The Morgan fingerprint density at radius 1 is 1.38 bits per heavy atom. The molecule has 0 saturated carbocycles. The summed E-state index contributed by atoms with van der Waals surface area (Å²) in [6.45, 7) is 3.13. The fraction of sp³-hybridized carbons (Fsp3) is 0.444. The summed E-state index contributed by atoms with van der Waals surface area (Å²) >= 11 is 0. The first-order valence-electron chi connectivity index (χ1n) is 4.37. The molecule has 0 amide bonds. The van der Waals surface area contributed by atoms with Crippen LogP contribution >= 0.6 is 0 Å². The zero-order valence-corrected chi connectivity index (χ0v) is 8.46. The molecule has 0 radical (unpaired) electrons. The van der Waals surface area contributed by atoms with Gasteiger partial charge in [0, 0.05) is 6.04 Å². The van der Waals surface area contributed by atoms with E-state index in [1.807, 2.05) is 0 Å². The van der Waals surface area contributed by atoms with Gasteiger partial charge >= 0.3 is 17.9 Å². The van der Waals surface area contributed by atoms with E-state index in [1.165, 1.54) is 6.08 Å². The van der Waals surface area contributed by atoms with E-state index in [0.29, 0.717) is 0 Å². The van der Waals surface area contributed by atoms with Gasteiger partial charge in [-0.1, -0.05) is 12.7 Å². The van der Waals surface area contributed by atoms with E-state index in [4.69, 9.17) is 15.9 Å². The van der Waals surface area contributed by atoms with Crippen LogP contribution in [0.15, 0.2) is 12.7 Å². The average molecular weight is 231 g/mol. The summed E-state index contributed by atoms with van der Waals surface area (Å²) in [4.78, 5) is 32.3. The van der Waals surface area contributed by atoms with Gasteiger partial charge in [0.25, 0.3) is 0 Å². The first-order chi connectivity index (χ1) is 7.40. The average Bonchev–Trinajstić information content (AvgIpc) is 2.12. The van der Waals surface area contributed by atoms with Gasteiger partial charge < -0.3 is 20.7 Å². The number of nitrogens with two attached hydrogens (primary N) is 1. The van der Waals surface area contributed by atoms with Crippen molar-refractivity contribution in [2.45, 2.75) is 12.5 Å². The number of carbonyl (C=O) groups is 3. The minimum atomic E-state index is -1.68. The first-order valence-corrected chi connectivity index (χ1v) is 4.37. The maximum absolute atomic E-state index is 11.2. The third kappa shape index (κ3) is 4.56. The van der Waals surface area contributed by atoms with Crippen LogP contribution < -0.4 is 5.73 Å². The molecule has 0 aromatic carbocycles. The molecule has 0 fully saturated rings. The fourth-order valence-electron chi connectivity index (χ4n) is 1.01. The first kappa shape index (κ1) is 14.1. The molecule has 0 aromatic rings. The Kier molecular flexibility index (Phi) is 5.79. The maximum Gasteiger partial charge on any atom is 0.322 e. The highest BCUT2D eigenvalue weighted by Crippen LogP contribution is 2.09. The van der Waals surface area contributed by atoms with Gasteiger partial charge in [0.1, 0.15) is 6.61 Å². The Balaban J connectivity index is 4.59. The number of carbonyl (C=O) groups excluding carboxylic acids is 1. The second-order valence-corrected chi connectivity index (χ2v) is 3.00. The van der Waals surface area contributed by atoms with Crippen molar-refractivity contribution >= 4 is 17.9 Å². The van der Waals surface area contributed by atoms with Gasteiger partial charge in [0.15, 0.2) is 5.92 Å². The molecule has 90 valence electrons. The molecule has 7 heteroatoms. The Morgan fingerprint density at radius 2 is 1.94 bits per heavy atom. The molecule has 0 spiro atoms. The summed E-state index contributed by atoms with van der Waals surface area (Å²) in [5, 5.41) is 17.2. The molecule has 0 saturated heterocycles. The van der Waals surface area contributed by atoms with Gasteiger partial charge in [-0.2, -0.15) is 0 Å². The number of ether oxygens (including phenoxy) is 1. The second kappa shape index (κ2) is 6.57. The maximum atomic E-state index is 11.2. The van der Waals surface area contributed by atoms with Crippen molar-refractivity contribution in [2.24, 2.45) is 11.7 Å². The van der Waals surface area contributed by atoms with Crippen molar-refractivity contribution in [3.05, 3.63) is 12.7 Å². The fourth-order valence-corrected chi connectivity index (χ4v) is 1.01. The van der Waals surface area contributed by atoms with Crippen molar-refractivity contribution < 1.29 is 29.3 Å². The van der Waals surface area contributed by atoms with Crippen LogP contribution in [-0.2, 0) is 19.1 Å². The van der Waals surface area contributed by atoms with Gasteiger partial charge in [-0.05, 0) is 0 Å². The topological polar surface area (TPSA) is 127 Å². The van der Waals surface area contributed by atoms with Crippen molar-refractivity contribution in [1.82, 2.24) is 0 Å². The predicted octanol–water partition coefficient (Wildman–Crippen LogP) is -0.782. The summed E-state index contributed by atoms with van der Waals surface area (Å²) in [6, 6.07) is -1.33.